The fourth-order valence-electron chi connectivity index (χ4n) is 5.16. The fraction of sp³-hybridized carbons (Fsp3) is 0.321. The van der Waals surface area contributed by atoms with Gasteiger partial charge in [-0.1, -0.05) is 36.4 Å². The molecule has 0 radical (unpaired) electrons. The lowest BCUT2D eigenvalue weighted by Crippen LogP contribution is -2.44. The number of benzene rings is 3. The molecule has 0 aromatic heterocycles. The van der Waals surface area contributed by atoms with Gasteiger partial charge in [-0.15, -0.1) is 0 Å². The van der Waals surface area contributed by atoms with E-state index in [2.05, 4.69) is 0 Å². The van der Waals surface area contributed by atoms with Gasteiger partial charge in [-0.05, 0) is 65.8 Å². The number of halogens is 4. The predicted molar refractivity (Wildman–Crippen MR) is 131 cm³/mol. The molecule has 196 valence electrons. The van der Waals surface area contributed by atoms with E-state index in [1.807, 2.05) is 23.1 Å². The van der Waals surface area contributed by atoms with Crippen LogP contribution in [-0.2, 0) is 23.8 Å². The van der Waals surface area contributed by atoms with Crippen LogP contribution in [0, 0.1) is 5.82 Å². The van der Waals surface area contributed by atoms with Crippen LogP contribution in [0.1, 0.15) is 46.3 Å². The van der Waals surface area contributed by atoms with E-state index in [4.69, 9.17) is 15.2 Å². The van der Waals surface area contributed by atoms with Crippen molar-refractivity contribution in [3.63, 3.8) is 0 Å². The van der Waals surface area contributed by atoms with Gasteiger partial charge in [-0.25, -0.2) is 4.39 Å². The molecule has 1 heterocycles. The van der Waals surface area contributed by atoms with Crippen molar-refractivity contribution >= 4 is 5.91 Å². The van der Waals surface area contributed by atoms with Crippen molar-refractivity contribution in [3.8, 4) is 11.5 Å². The van der Waals surface area contributed by atoms with Crippen LogP contribution in [-0.4, -0.2) is 31.6 Å². The molecule has 0 unspecified atom stereocenters. The van der Waals surface area contributed by atoms with Crippen LogP contribution < -0.4 is 15.2 Å². The molecule has 0 fully saturated rings. The van der Waals surface area contributed by atoms with Crippen molar-refractivity contribution in [1.82, 2.24) is 4.90 Å². The summed E-state index contributed by atoms with van der Waals surface area (Å²) in [5.41, 5.74) is 7.32. The first-order valence-electron chi connectivity index (χ1n) is 11.8. The van der Waals surface area contributed by atoms with Gasteiger partial charge in [0.2, 0.25) is 5.91 Å². The molecule has 1 aliphatic heterocycles. The van der Waals surface area contributed by atoms with E-state index < -0.39 is 35.5 Å². The van der Waals surface area contributed by atoms with Crippen molar-refractivity contribution < 1.29 is 31.8 Å². The standard InChI is InChI=1S/C28H28F4N2O3/c1-36-24-14-19-12-13-34(26(27(33)35)18-6-4-3-5-7-18)23(21(19)16-25(24)37-2)11-9-17-8-10-20(29)15-22(17)28(30,31)32/h3-8,10,14-16,23,26H,9,11-13H2,1-2H3,(H2,33,35)/t23-,26+/m0/s1. The van der Waals surface area contributed by atoms with Crippen molar-refractivity contribution in [2.75, 3.05) is 20.8 Å². The van der Waals surface area contributed by atoms with Gasteiger partial charge in [0.15, 0.2) is 11.5 Å². The minimum atomic E-state index is -4.70. The number of aryl methyl sites for hydroxylation is 1. The van der Waals surface area contributed by atoms with E-state index in [-0.39, 0.29) is 18.4 Å². The Bertz CT molecular complexity index is 1260. The third kappa shape index (κ3) is 5.56. The third-order valence-corrected chi connectivity index (χ3v) is 6.82. The fourth-order valence-corrected chi connectivity index (χ4v) is 5.16. The van der Waals surface area contributed by atoms with Crippen molar-refractivity contribution in [1.29, 1.82) is 0 Å². The molecule has 3 aromatic carbocycles. The number of amides is 1. The Kier molecular flexibility index (Phi) is 7.73. The van der Waals surface area contributed by atoms with Gasteiger partial charge in [0, 0.05) is 12.6 Å². The second kappa shape index (κ2) is 10.8. The van der Waals surface area contributed by atoms with E-state index in [1.165, 1.54) is 20.3 Å². The van der Waals surface area contributed by atoms with E-state index in [9.17, 15) is 22.4 Å². The van der Waals surface area contributed by atoms with Crippen LogP contribution in [0.2, 0.25) is 0 Å². The Morgan fingerprint density at radius 3 is 2.35 bits per heavy atom. The van der Waals surface area contributed by atoms with Gasteiger partial charge in [-0.2, -0.15) is 13.2 Å². The van der Waals surface area contributed by atoms with E-state index in [1.54, 1.807) is 24.3 Å². The first-order chi connectivity index (χ1) is 17.6. The minimum absolute atomic E-state index is 0.00431. The van der Waals surface area contributed by atoms with Crippen LogP contribution in [0.3, 0.4) is 0 Å². The number of hydrogen-bond acceptors (Lipinski definition) is 4. The molecule has 0 bridgehead atoms. The maximum absolute atomic E-state index is 13.7. The Hall–Kier alpha value is -3.59. The largest absolute Gasteiger partial charge is 0.493 e. The molecule has 9 heteroatoms. The summed E-state index contributed by atoms with van der Waals surface area (Å²) in [6.45, 7) is 0.450. The van der Waals surface area contributed by atoms with Gasteiger partial charge in [-0.3, -0.25) is 9.69 Å². The van der Waals surface area contributed by atoms with Crippen molar-refractivity contribution in [2.45, 2.75) is 37.5 Å². The van der Waals surface area contributed by atoms with Gasteiger partial charge < -0.3 is 15.2 Å². The van der Waals surface area contributed by atoms with Crippen LogP contribution >= 0.6 is 0 Å². The molecule has 3 aromatic rings. The number of nitrogens with zero attached hydrogens (tertiary/aromatic N) is 1. The maximum atomic E-state index is 13.7. The smallest absolute Gasteiger partial charge is 0.416 e. The van der Waals surface area contributed by atoms with Crippen LogP contribution in [0.5, 0.6) is 11.5 Å². The lowest BCUT2D eigenvalue weighted by Gasteiger charge is -2.42. The first kappa shape index (κ1) is 26.5. The lowest BCUT2D eigenvalue weighted by molar-refractivity contribution is -0.138. The highest BCUT2D eigenvalue weighted by molar-refractivity contribution is 5.81. The maximum Gasteiger partial charge on any atom is 0.416 e. The molecule has 0 saturated heterocycles. The molecule has 1 amide bonds. The summed E-state index contributed by atoms with van der Waals surface area (Å²) in [7, 11) is 3.03. The summed E-state index contributed by atoms with van der Waals surface area (Å²) < 4.78 is 65.7. The van der Waals surface area contributed by atoms with E-state index >= 15 is 0 Å². The Morgan fingerprint density at radius 2 is 1.73 bits per heavy atom. The number of rotatable bonds is 8. The summed E-state index contributed by atoms with van der Waals surface area (Å²) in [5.74, 6) is -0.490. The number of nitrogens with two attached hydrogens (primary N) is 1. The van der Waals surface area contributed by atoms with E-state index in [0.29, 0.717) is 36.1 Å². The number of ether oxygens (including phenoxy) is 2. The zero-order chi connectivity index (χ0) is 26.7. The van der Waals surface area contributed by atoms with Gasteiger partial charge in [0.1, 0.15) is 11.9 Å². The number of carbonyl (C=O) groups excluding carboxylic acids is 1. The Balaban J connectivity index is 1.79. The Labute approximate surface area is 212 Å². The van der Waals surface area contributed by atoms with Gasteiger partial charge in [0.05, 0.1) is 19.8 Å². The molecular formula is C28H28F4N2O3. The van der Waals surface area contributed by atoms with Crippen LogP contribution in [0.25, 0.3) is 0 Å². The Morgan fingerprint density at radius 1 is 1.05 bits per heavy atom. The summed E-state index contributed by atoms with van der Waals surface area (Å²) in [4.78, 5) is 14.7. The van der Waals surface area contributed by atoms with Crippen molar-refractivity contribution in [3.05, 3.63) is 94.3 Å². The van der Waals surface area contributed by atoms with Crippen LogP contribution in [0.15, 0.2) is 60.7 Å². The highest BCUT2D eigenvalue weighted by Crippen LogP contribution is 2.43. The van der Waals surface area contributed by atoms with Crippen molar-refractivity contribution in [2.24, 2.45) is 5.73 Å². The normalized spacial score (nSPS) is 16.6. The number of alkyl halides is 3. The second-order valence-electron chi connectivity index (χ2n) is 8.96. The summed E-state index contributed by atoms with van der Waals surface area (Å²) in [6, 6.07) is 14.2. The zero-order valence-corrected chi connectivity index (χ0v) is 20.5. The number of primary amides is 1. The summed E-state index contributed by atoms with van der Waals surface area (Å²) in [5, 5.41) is 0. The number of hydrogen-bond donors (Lipinski definition) is 1. The molecule has 2 atom stereocenters. The molecule has 4 rings (SSSR count). The molecule has 5 nitrogen and oxygen atoms in total. The average molecular weight is 517 g/mol. The van der Waals surface area contributed by atoms with Crippen LogP contribution in [0.4, 0.5) is 17.6 Å². The topological polar surface area (TPSA) is 64.8 Å². The monoisotopic (exact) mass is 516 g/mol. The SMILES string of the molecule is COc1cc2c(cc1OC)[C@H](CCc1ccc(F)cc1C(F)(F)F)N([C@@H](C(N)=O)c1ccccc1)CC2. The number of fused-ring (bicyclic) bond motifs is 1. The molecule has 0 saturated carbocycles. The first-order valence-corrected chi connectivity index (χ1v) is 11.8. The summed E-state index contributed by atoms with van der Waals surface area (Å²) in [6.07, 6.45) is -3.89. The van der Waals surface area contributed by atoms with E-state index in [0.717, 1.165) is 17.2 Å². The number of methoxy groups -OCH3 is 2. The highest BCUT2D eigenvalue weighted by atomic mass is 19.4. The summed E-state index contributed by atoms with van der Waals surface area (Å²) >= 11 is 0. The quantitative estimate of drug-likeness (QED) is 0.395. The average Bonchev–Trinajstić information content (AvgIpc) is 2.87. The highest BCUT2D eigenvalue weighted by Gasteiger charge is 2.38. The molecule has 37 heavy (non-hydrogen) atoms. The number of carbonyl (C=O) groups is 1. The van der Waals surface area contributed by atoms with Gasteiger partial charge in [0.25, 0.3) is 0 Å². The molecule has 0 spiro atoms. The minimum Gasteiger partial charge on any atom is -0.493 e. The molecule has 1 aliphatic rings. The molecule has 2 N–H and O–H groups in total. The lowest BCUT2D eigenvalue weighted by atomic mass is 9.85. The second-order valence-corrected chi connectivity index (χ2v) is 8.96. The molecule has 0 aliphatic carbocycles. The van der Waals surface area contributed by atoms with Gasteiger partial charge >= 0.3 is 6.18 Å². The zero-order valence-electron chi connectivity index (χ0n) is 20.5. The molecular weight excluding hydrogens is 488 g/mol. The third-order valence-electron chi connectivity index (χ3n) is 6.82. The predicted octanol–water partition coefficient (Wildman–Crippen LogP) is 5.62.